The molecule has 11 rings (SSSR count). The van der Waals surface area contributed by atoms with Crippen molar-refractivity contribution in [3.8, 4) is 39.9 Å². The molecule has 0 fully saturated rings. The fraction of sp³-hybridized carbons (Fsp3) is 0. The molecule has 0 saturated carbocycles. The van der Waals surface area contributed by atoms with Gasteiger partial charge in [-0.2, -0.15) is 9.97 Å². The van der Waals surface area contributed by atoms with E-state index in [1.807, 2.05) is 54.6 Å². The minimum Gasteiger partial charge on any atom is -0.456 e. The van der Waals surface area contributed by atoms with Crippen LogP contribution in [0.25, 0.3) is 106 Å². The van der Waals surface area contributed by atoms with Gasteiger partial charge in [-0.15, -0.1) is 0 Å². The molecule has 0 radical (unpaired) electrons. The summed E-state index contributed by atoms with van der Waals surface area (Å²) < 4.78 is 15.1. The number of furan rings is 2. The van der Waals surface area contributed by atoms with Crippen molar-refractivity contribution in [1.29, 1.82) is 0 Å². The molecule has 0 amide bonds. The lowest BCUT2D eigenvalue weighted by molar-refractivity contribution is 0.668. The smallest absolute Gasteiger partial charge is 0.238 e. The molecule has 4 heterocycles. The molecule has 0 aliphatic rings. The number of para-hydroxylation sites is 4. The maximum absolute atomic E-state index is 6.70. The molecule has 0 saturated heterocycles. The molecule has 0 aliphatic carbocycles. The van der Waals surface area contributed by atoms with Crippen molar-refractivity contribution in [1.82, 2.24) is 19.5 Å². The van der Waals surface area contributed by atoms with Gasteiger partial charge in [0.1, 0.15) is 22.3 Å². The zero-order valence-corrected chi connectivity index (χ0v) is 27.1. The Bertz CT molecular complexity index is 3100. The van der Waals surface area contributed by atoms with Gasteiger partial charge >= 0.3 is 0 Å². The summed E-state index contributed by atoms with van der Waals surface area (Å²) in [4.78, 5) is 15.2. The van der Waals surface area contributed by atoms with Crippen molar-refractivity contribution < 1.29 is 8.83 Å². The second kappa shape index (κ2) is 10.7. The van der Waals surface area contributed by atoms with E-state index in [0.717, 1.165) is 87.9 Å². The van der Waals surface area contributed by atoms with E-state index in [0.29, 0.717) is 17.6 Å². The van der Waals surface area contributed by atoms with Gasteiger partial charge in [-0.05, 0) is 48.0 Å². The fourth-order valence-corrected chi connectivity index (χ4v) is 7.51. The van der Waals surface area contributed by atoms with Gasteiger partial charge in [0.05, 0.1) is 11.0 Å². The van der Waals surface area contributed by atoms with E-state index in [-0.39, 0.29) is 0 Å². The number of fused-ring (bicyclic) bond motifs is 9. The lowest BCUT2D eigenvalue weighted by Crippen LogP contribution is -2.06. The largest absolute Gasteiger partial charge is 0.456 e. The molecular formula is C45H26N4O2. The molecule has 7 aromatic carbocycles. The van der Waals surface area contributed by atoms with E-state index in [2.05, 4.69) is 108 Å². The van der Waals surface area contributed by atoms with Gasteiger partial charge in [0.15, 0.2) is 11.6 Å². The number of nitrogens with zero attached hydrogens (tertiary/aromatic N) is 4. The molecule has 6 heteroatoms. The fourth-order valence-electron chi connectivity index (χ4n) is 7.51. The highest BCUT2D eigenvalue weighted by molar-refractivity contribution is 6.12. The molecule has 0 aliphatic heterocycles. The number of hydrogen-bond acceptors (Lipinski definition) is 5. The van der Waals surface area contributed by atoms with Crippen LogP contribution in [-0.4, -0.2) is 19.5 Å². The molecule has 0 bridgehead atoms. The van der Waals surface area contributed by atoms with Crippen LogP contribution in [0.3, 0.4) is 0 Å². The predicted octanol–water partition coefficient (Wildman–Crippen LogP) is 11.8. The Morgan fingerprint density at radius 3 is 1.73 bits per heavy atom. The van der Waals surface area contributed by atoms with Crippen LogP contribution in [0.15, 0.2) is 167 Å². The van der Waals surface area contributed by atoms with E-state index >= 15 is 0 Å². The number of rotatable bonds is 4. The third kappa shape index (κ3) is 4.26. The molecule has 0 atom stereocenters. The van der Waals surface area contributed by atoms with E-state index in [9.17, 15) is 0 Å². The summed E-state index contributed by atoms with van der Waals surface area (Å²) in [5.74, 6) is 1.73. The summed E-state index contributed by atoms with van der Waals surface area (Å²) in [5, 5.41) is 6.59. The quantitative estimate of drug-likeness (QED) is 0.189. The summed E-state index contributed by atoms with van der Waals surface area (Å²) >= 11 is 0. The molecule has 11 aromatic rings. The average molecular weight is 655 g/mol. The molecule has 238 valence electrons. The van der Waals surface area contributed by atoms with Crippen LogP contribution in [0.2, 0.25) is 0 Å². The molecular weight excluding hydrogens is 629 g/mol. The Morgan fingerprint density at radius 1 is 0.373 bits per heavy atom. The number of hydrogen-bond donors (Lipinski definition) is 0. The van der Waals surface area contributed by atoms with Crippen LogP contribution < -0.4 is 0 Å². The first-order valence-electron chi connectivity index (χ1n) is 16.9. The summed E-state index contributed by atoms with van der Waals surface area (Å²) in [5.41, 5.74) is 9.20. The zero-order valence-electron chi connectivity index (χ0n) is 27.1. The van der Waals surface area contributed by atoms with Crippen LogP contribution in [0, 0.1) is 0 Å². The second-order valence-electron chi connectivity index (χ2n) is 12.8. The topological polar surface area (TPSA) is 69.9 Å². The second-order valence-corrected chi connectivity index (χ2v) is 12.8. The van der Waals surface area contributed by atoms with Crippen molar-refractivity contribution in [3.05, 3.63) is 158 Å². The van der Waals surface area contributed by atoms with Crippen LogP contribution in [0.1, 0.15) is 0 Å². The summed E-state index contributed by atoms with van der Waals surface area (Å²) in [7, 11) is 0. The first-order valence-corrected chi connectivity index (χ1v) is 16.9. The van der Waals surface area contributed by atoms with Crippen molar-refractivity contribution in [2.45, 2.75) is 0 Å². The summed E-state index contributed by atoms with van der Waals surface area (Å²) in [6.07, 6.45) is 0. The molecule has 4 aromatic heterocycles. The Balaban J connectivity index is 1.09. The van der Waals surface area contributed by atoms with Gasteiger partial charge in [-0.25, -0.2) is 4.98 Å². The minimum atomic E-state index is 0.559. The first kappa shape index (κ1) is 27.9. The van der Waals surface area contributed by atoms with E-state index in [4.69, 9.17) is 23.8 Å². The standard InChI is InChI=1S/C45H26N4O2/c1-2-11-27(12-3-1)43-46-44(48-45(47-43)49-37-18-7-4-13-31(37)32-14-5-8-19-38(32)49)29-22-24-35-36-17-10-16-30(42(36)51-41(35)26-29)28-21-23-34-33-15-6-9-20-39(33)50-40(34)25-28/h1-26H. The average Bonchev–Trinajstić information content (AvgIpc) is 3.87. The molecule has 0 spiro atoms. The minimum absolute atomic E-state index is 0.559. The molecule has 51 heavy (non-hydrogen) atoms. The Kier molecular flexibility index (Phi) is 5.86. The van der Waals surface area contributed by atoms with Crippen LogP contribution in [0.4, 0.5) is 0 Å². The van der Waals surface area contributed by atoms with Crippen LogP contribution >= 0.6 is 0 Å². The highest BCUT2D eigenvalue weighted by Gasteiger charge is 2.19. The summed E-state index contributed by atoms with van der Waals surface area (Å²) in [6.45, 7) is 0. The Morgan fingerprint density at radius 2 is 0.941 bits per heavy atom. The number of aromatic nitrogens is 4. The zero-order chi connectivity index (χ0) is 33.5. The van der Waals surface area contributed by atoms with Gasteiger partial charge in [-0.3, -0.25) is 4.57 Å². The van der Waals surface area contributed by atoms with Gasteiger partial charge in [-0.1, -0.05) is 115 Å². The van der Waals surface area contributed by atoms with Crippen molar-refractivity contribution in [2.24, 2.45) is 0 Å². The lowest BCUT2D eigenvalue weighted by atomic mass is 10.0. The van der Waals surface area contributed by atoms with E-state index in [1.54, 1.807) is 0 Å². The van der Waals surface area contributed by atoms with Crippen molar-refractivity contribution in [2.75, 3.05) is 0 Å². The molecule has 0 unspecified atom stereocenters. The van der Waals surface area contributed by atoms with Crippen LogP contribution in [-0.2, 0) is 0 Å². The Hall–Kier alpha value is -7.05. The van der Waals surface area contributed by atoms with Gasteiger partial charge < -0.3 is 8.83 Å². The predicted molar refractivity (Wildman–Crippen MR) is 205 cm³/mol. The van der Waals surface area contributed by atoms with E-state index < -0.39 is 0 Å². The van der Waals surface area contributed by atoms with Gasteiger partial charge in [0, 0.05) is 49.0 Å². The number of benzene rings is 7. The van der Waals surface area contributed by atoms with Gasteiger partial charge in [0.2, 0.25) is 5.95 Å². The van der Waals surface area contributed by atoms with Gasteiger partial charge in [0.25, 0.3) is 0 Å². The first-order chi connectivity index (χ1) is 25.3. The summed E-state index contributed by atoms with van der Waals surface area (Å²) in [6, 6.07) is 53.9. The van der Waals surface area contributed by atoms with Crippen molar-refractivity contribution in [3.63, 3.8) is 0 Å². The highest BCUT2D eigenvalue weighted by Crippen LogP contribution is 2.39. The lowest BCUT2D eigenvalue weighted by Gasteiger charge is -2.10. The maximum atomic E-state index is 6.70. The SMILES string of the molecule is c1ccc(-c2nc(-c3ccc4c(c3)oc3c(-c5ccc6c(c5)oc5ccccc56)cccc34)nc(-n3c4ccccc4c4ccccc43)n2)cc1. The maximum Gasteiger partial charge on any atom is 0.238 e. The highest BCUT2D eigenvalue weighted by atomic mass is 16.3. The normalized spacial score (nSPS) is 11.9. The van der Waals surface area contributed by atoms with E-state index in [1.165, 1.54) is 0 Å². The third-order valence-corrected chi connectivity index (χ3v) is 9.88. The monoisotopic (exact) mass is 654 g/mol. The molecule has 6 nitrogen and oxygen atoms in total. The van der Waals surface area contributed by atoms with Crippen molar-refractivity contribution >= 4 is 65.7 Å². The third-order valence-electron chi connectivity index (χ3n) is 9.88. The Labute approximate surface area is 290 Å². The molecule has 0 N–H and O–H groups in total. The van der Waals surface area contributed by atoms with Crippen LogP contribution in [0.5, 0.6) is 0 Å².